The summed E-state index contributed by atoms with van der Waals surface area (Å²) in [5.74, 6) is 0.727. The molecule has 0 aromatic carbocycles. The van der Waals surface area contributed by atoms with E-state index in [1.165, 1.54) is 11.4 Å². The Kier molecular flexibility index (Phi) is 4.22. The molecule has 2 unspecified atom stereocenters. The summed E-state index contributed by atoms with van der Waals surface area (Å²) in [4.78, 5) is 4.88. The lowest BCUT2D eigenvalue weighted by molar-refractivity contribution is 0.531. The first-order valence-electron chi connectivity index (χ1n) is 4.21. The summed E-state index contributed by atoms with van der Waals surface area (Å²) in [5, 5.41) is 3.30. The third-order valence-electron chi connectivity index (χ3n) is 1.73. The largest absolute Gasteiger partial charge is 0.250 e. The quantitative estimate of drug-likeness (QED) is 0.743. The molecule has 68 valence electrons. The van der Waals surface area contributed by atoms with Crippen molar-refractivity contribution in [3.8, 4) is 0 Å². The minimum atomic E-state index is 0.618. The van der Waals surface area contributed by atoms with Crippen molar-refractivity contribution < 1.29 is 0 Å². The number of rotatable bonds is 4. The van der Waals surface area contributed by atoms with Crippen molar-refractivity contribution in [2.24, 2.45) is 5.92 Å². The maximum Gasteiger partial charge on any atom is 0.0927 e. The van der Waals surface area contributed by atoms with Crippen molar-refractivity contribution in [3.63, 3.8) is 0 Å². The highest BCUT2D eigenvalue weighted by molar-refractivity contribution is 9.09. The van der Waals surface area contributed by atoms with Crippen LogP contribution in [-0.2, 0) is 6.42 Å². The first-order chi connectivity index (χ1) is 5.68. The van der Waals surface area contributed by atoms with Crippen LogP contribution in [0.2, 0.25) is 0 Å². The minimum Gasteiger partial charge on any atom is -0.250 e. The van der Waals surface area contributed by atoms with Gasteiger partial charge in [0, 0.05) is 22.8 Å². The molecule has 2 atom stereocenters. The highest BCUT2D eigenvalue weighted by atomic mass is 79.9. The first kappa shape index (κ1) is 10.2. The lowest BCUT2D eigenvalue weighted by Crippen LogP contribution is -2.04. The van der Waals surface area contributed by atoms with E-state index in [9.17, 15) is 0 Å². The molecule has 0 fully saturated rings. The van der Waals surface area contributed by atoms with Gasteiger partial charge in [0.1, 0.15) is 0 Å². The standard InChI is InChI=1S/C9H14BrNS/c1-7(5-8(2)10)6-9-11-3-4-12-9/h3-4,7-8H,5-6H2,1-2H3. The van der Waals surface area contributed by atoms with Crippen LogP contribution in [0.25, 0.3) is 0 Å². The monoisotopic (exact) mass is 247 g/mol. The van der Waals surface area contributed by atoms with Crippen LogP contribution in [0, 0.1) is 5.92 Å². The van der Waals surface area contributed by atoms with Crippen LogP contribution in [0.15, 0.2) is 11.6 Å². The Hall–Kier alpha value is 0.110. The molecule has 12 heavy (non-hydrogen) atoms. The van der Waals surface area contributed by atoms with Crippen molar-refractivity contribution in [1.29, 1.82) is 0 Å². The fourth-order valence-electron chi connectivity index (χ4n) is 1.29. The molecule has 0 saturated heterocycles. The smallest absolute Gasteiger partial charge is 0.0927 e. The average molecular weight is 248 g/mol. The second kappa shape index (κ2) is 4.97. The van der Waals surface area contributed by atoms with Gasteiger partial charge in [0.25, 0.3) is 0 Å². The van der Waals surface area contributed by atoms with Gasteiger partial charge in [0.2, 0.25) is 0 Å². The summed E-state index contributed by atoms with van der Waals surface area (Å²) in [6, 6.07) is 0. The van der Waals surface area contributed by atoms with Gasteiger partial charge >= 0.3 is 0 Å². The molecule has 0 bridgehead atoms. The Bertz CT molecular complexity index is 208. The number of aromatic nitrogens is 1. The Balaban J connectivity index is 2.32. The van der Waals surface area contributed by atoms with Gasteiger partial charge in [-0.3, -0.25) is 0 Å². The average Bonchev–Trinajstić information content (AvgIpc) is 2.37. The molecule has 0 amide bonds. The van der Waals surface area contributed by atoms with Crippen LogP contribution in [0.5, 0.6) is 0 Å². The zero-order valence-electron chi connectivity index (χ0n) is 7.46. The second-order valence-corrected chi connectivity index (χ2v) is 5.79. The van der Waals surface area contributed by atoms with Crippen molar-refractivity contribution >= 4 is 27.3 Å². The van der Waals surface area contributed by atoms with E-state index < -0.39 is 0 Å². The molecule has 1 rings (SSSR count). The molecule has 3 heteroatoms. The van der Waals surface area contributed by atoms with Crippen LogP contribution in [0.1, 0.15) is 25.3 Å². The predicted molar refractivity (Wildman–Crippen MR) is 58.0 cm³/mol. The van der Waals surface area contributed by atoms with Crippen molar-refractivity contribution in [2.75, 3.05) is 0 Å². The first-order valence-corrected chi connectivity index (χ1v) is 6.00. The van der Waals surface area contributed by atoms with E-state index in [-0.39, 0.29) is 0 Å². The van der Waals surface area contributed by atoms with Crippen LogP contribution in [0.3, 0.4) is 0 Å². The SMILES string of the molecule is CC(Br)CC(C)Cc1nccs1. The zero-order valence-corrected chi connectivity index (χ0v) is 9.86. The molecule has 0 aliphatic carbocycles. The number of alkyl halides is 1. The predicted octanol–water partition coefficient (Wildman–Crippen LogP) is 3.50. The summed E-state index contributed by atoms with van der Waals surface area (Å²) >= 11 is 5.31. The molecular formula is C9H14BrNS. The van der Waals surface area contributed by atoms with E-state index in [4.69, 9.17) is 0 Å². The Labute approximate surface area is 86.3 Å². The molecule has 1 aromatic heterocycles. The van der Waals surface area contributed by atoms with E-state index in [1.54, 1.807) is 11.3 Å². The number of nitrogens with zero attached hydrogens (tertiary/aromatic N) is 1. The van der Waals surface area contributed by atoms with Gasteiger partial charge in [-0.2, -0.15) is 0 Å². The highest BCUT2D eigenvalue weighted by Gasteiger charge is 2.07. The third kappa shape index (κ3) is 3.68. The molecule has 0 aliphatic rings. The van der Waals surface area contributed by atoms with Gasteiger partial charge in [-0.15, -0.1) is 11.3 Å². The molecular weight excluding hydrogens is 234 g/mol. The molecule has 1 heterocycles. The molecule has 0 N–H and O–H groups in total. The Morgan fingerprint density at radius 2 is 2.33 bits per heavy atom. The number of halogens is 1. The fraction of sp³-hybridized carbons (Fsp3) is 0.667. The Morgan fingerprint density at radius 1 is 1.58 bits per heavy atom. The fourth-order valence-corrected chi connectivity index (χ4v) is 2.71. The van der Waals surface area contributed by atoms with Gasteiger partial charge < -0.3 is 0 Å². The molecule has 0 saturated carbocycles. The normalized spacial score (nSPS) is 15.9. The summed E-state index contributed by atoms with van der Waals surface area (Å²) in [6.07, 6.45) is 4.22. The van der Waals surface area contributed by atoms with E-state index in [0.29, 0.717) is 4.83 Å². The van der Waals surface area contributed by atoms with Crippen LogP contribution in [-0.4, -0.2) is 9.81 Å². The van der Waals surface area contributed by atoms with Gasteiger partial charge in [-0.1, -0.05) is 29.8 Å². The molecule has 0 spiro atoms. The van der Waals surface area contributed by atoms with Gasteiger partial charge in [-0.25, -0.2) is 4.98 Å². The molecule has 1 aromatic rings. The maximum absolute atomic E-state index is 4.27. The lowest BCUT2D eigenvalue weighted by atomic mass is 10.0. The van der Waals surface area contributed by atoms with Gasteiger partial charge in [-0.05, 0) is 12.3 Å². The van der Waals surface area contributed by atoms with E-state index >= 15 is 0 Å². The lowest BCUT2D eigenvalue weighted by Gasteiger charge is -2.10. The van der Waals surface area contributed by atoms with Crippen LogP contribution >= 0.6 is 27.3 Å². The van der Waals surface area contributed by atoms with Crippen molar-refractivity contribution in [2.45, 2.75) is 31.5 Å². The number of thiazole rings is 1. The van der Waals surface area contributed by atoms with Crippen LogP contribution in [0.4, 0.5) is 0 Å². The highest BCUT2D eigenvalue weighted by Crippen LogP contribution is 2.18. The summed E-state index contributed by atoms with van der Waals surface area (Å²) < 4.78 is 0. The topological polar surface area (TPSA) is 12.9 Å². The van der Waals surface area contributed by atoms with E-state index in [0.717, 1.165) is 12.3 Å². The van der Waals surface area contributed by atoms with Crippen LogP contribution < -0.4 is 0 Å². The van der Waals surface area contributed by atoms with Gasteiger partial charge in [0.15, 0.2) is 0 Å². The maximum atomic E-state index is 4.27. The summed E-state index contributed by atoms with van der Waals surface area (Å²) in [6.45, 7) is 4.47. The van der Waals surface area contributed by atoms with Crippen molar-refractivity contribution in [3.05, 3.63) is 16.6 Å². The van der Waals surface area contributed by atoms with Gasteiger partial charge in [0.05, 0.1) is 5.01 Å². The molecule has 0 radical (unpaired) electrons. The molecule has 0 aliphatic heterocycles. The van der Waals surface area contributed by atoms with Crippen molar-refractivity contribution in [1.82, 2.24) is 4.98 Å². The minimum absolute atomic E-state index is 0.618. The number of hydrogen-bond donors (Lipinski definition) is 0. The van der Waals surface area contributed by atoms with E-state index in [1.807, 2.05) is 11.6 Å². The Morgan fingerprint density at radius 3 is 2.83 bits per heavy atom. The van der Waals surface area contributed by atoms with E-state index in [2.05, 4.69) is 34.8 Å². The zero-order chi connectivity index (χ0) is 8.97. The summed E-state index contributed by atoms with van der Waals surface area (Å²) in [7, 11) is 0. The number of hydrogen-bond acceptors (Lipinski definition) is 2. The second-order valence-electron chi connectivity index (χ2n) is 3.25. The molecule has 1 nitrogen and oxygen atoms in total. The third-order valence-corrected chi connectivity index (χ3v) is 2.91. The summed E-state index contributed by atoms with van der Waals surface area (Å²) in [5.41, 5.74) is 0.